The van der Waals surface area contributed by atoms with Crippen LogP contribution in [-0.2, 0) is 16.7 Å². The molecule has 0 aromatic heterocycles. The molecule has 0 saturated heterocycles. The molecule has 2 N–H and O–H groups in total. The van der Waals surface area contributed by atoms with Gasteiger partial charge in [-0.3, -0.25) is 0 Å². The Morgan fingerprint density at radius 3 is 2.76 bits per heavy atom. The van der Waals surface area contributed by atoms with E-state index in [9.17, 15) is 18.3 Å². The quantitative estimate of drug-likeness (QED) is 0.760. The fraction of sp³-hybridized carbons (Fsp3) is 0.600. The second kappa shape index (κ2) is 6.77. The molecule has 6 heteroatoms. The molecule has 1 aromatic carbocycles. The van der Waals surface area contributed by atoms with E-state index in [1.54, 1.807) is 0 Å². The molecule has 0 heterocycles. The van der Waals surface area contributed by atoms with Gasteiger partial charge in [0.25, 0.3) is 0 Å². The van der Waals surface area contributed by atoms with E-state index in [0.717, 1.165) is 18.4 Å². The average Bonchev–Trinajstić information content (AvgIpc) is 2.81. The first-order chi connectivity index (χ1) is 9.97. The summed E-state index contributed by atoms with van der Waals surface area (Å²) in [4.78, 5) is 0. The molecule has 1 aliphatic rings. The highest BCUT2D eigenvalue weighted by Gasteiger charge is 2.37. The number of aliphatic hydroxyl groups excluding tert-OH is 1. The summed E-state index contributed by atoms with van der Waals surface area (Å²) in [6.07, 6.45) is -2.11. The Bertz CT molecular complexity index is 464. The minimum Gasteiger partial charge on any atom is -0.394 e. The number of hydrogen-bond acceptors (Lipinski definition) is 3. The summed E-state index contributed by atoms with van der Waals surface area (Å²) in [5.74, 6) is 0. The third kappa shape index (κ3) is 4.18. The first kappa shape index (κ1) is 16.3. The second-order valence-corrected chi connectivity index (χ2v) is 5.35. The monoisotopic (exact) mass is 303 g/mol. The summed E-state index contributed by atoms with van der Waals surface area (Å²) >= 11 is 0. The minimum absolute atomic E-state index is 0.0204. The Kier molecular flexibility index (Phi) is 5.24. The molecule has 21 heavy (non-hydrogen) atoms. The number of halogens is 3. The molecule has 3 nitrogen and oxygen atoms in total. The summed E-state index contributed by atoms with van der Waals surface area (Å²) in [6.45, 7) is -0.670. The van der Waals surface area contributed by atoms with Gasteiger partial charge in [-0.1, -0.05) is 24.3 Å². The van der Waals surface area contributed by atoms with Gasteiger partial charge in [0.15, 0.2) is 0 Å². The summed E-state index contributed by atoms with van der Waals surface area (Å²) in [7, 11) is 0. The van der Waals surface area contributed by atoms with Crippen LogP contribution in [0.4, 0.5) is 13.2 Å². The van der Waals surface area contributed by atoms with Gasteiger partial charge >= 0.3 is 6.18 Å². The third-order valence-electron chi connectivity index (χ3n) is 3.82. The van der Waals surface area contributed by atoms with Gasteiger partial charge < -0.3 is 15.2 Å². The number of ether oxygens (including phenoxy) is 1. The Labute approximate surface area is 122 Å². The van der Waals surface area contributed by atoms with Crippen molar-refractivity contribution in [1.29, 1.82) is 0 Å². The van der Waals surface area contributed by atoms with Crippen molar-refractivity contribution >= 4 is 0 Å². The zero-order valence-corrected chi connectivity index (χ0v) is 11.7. The fourth-order valence-electron chi connectivity index (χ4n) is 2.78. The highest BCUT2D eigenvalue weighted by molar-refractivity contribution is 5.38. The number of alkyl halides is 3. The van der Waals surface area contributed by atoms with Crippen molar-refractivity contribution in [2.75, 3.05) is 26.4 Å². The predicted molar refractivity (Wildman–Crippen MR) is 73.0 cm³/mol. The van der Waals surface area contributed by atoms with E-state index >= 15 is 0 Å². The molecule has 0 radical (unpaired) electrons. The normalized spacial score (nSPS) is 21.5. The van der Waals surface area contributed by atoms with Gasteiger partial charge in [-0.25, -0.2) is 0 Å². The number of aryl methyl sites for hydroxylation is 1. The molecule has 0 spiro atoms. The zero-order chi connectivity index (χ0) is 15.3. The molecule has 0 fully saturated rings. The van der Waals surface area contributed by atoms with E-state index in [2.05, 4.69) is 10.1 Å². The molecule has 1 unspecified atom stereocenters. The molecule has 118 valence electrons. The standard InChI is InChI=1S/C15H20F3NO2/c16-15(17,18)11-21-9-3-8-19-14(10-20)7-6-12-4-1-2-5-13(12)14/h1-2,4-5,19-20H,3,6-11H2. The van der Waals surface area contributed by atoms with Gasteiger partial charge in [0, 0.05) is 6.61 Å². The molecule has 0 amide bonds. The van der Waals surface area contributed by atoms with Crippen molar-refractivity contribution in [1.82, 2.24) is 5.32 Å². The maximum absolute atomic E-state index is 11.9. The van der Waals surface area contributed by atoms with Crippen LogP contribution in [-0.4, -0.2) is 37.6 Å². The first-order valence-corrected chi connectivity index (χ1v) is 7.06. The van der Waals surface area contributed by atoms with E-state index < -0.39 is 18.3 Å². The van der Waals surface area contributed by atoms with Crippen LogP contribution in [0.5, 0.6) is 0 Å². The Hall–Kier alpha value is -1.11. The van der Waals surface area contributed by atoms with Crippen molar-refractivity contribution < 1.29 is 23.0 Å². The van der Waals surface area contributed by atoms with E-state index in [-0.39, 0.29) is 13.2 Å². The lowest BCUT2D eigenvalue weighted by molar-refractivity contribution is -0.174. The number of benzene rings is 1. The van der Waals surface area contributed by atoms with Gasteiger partial charge in [0.1, 0.15) is 6.61 Å². The molecule has 2 rings (SSSR count). The van der Waals surface area contributed by atoms with E-state index in [1.165, 1.54) is 5.56 Å². The molecule has 1 atom stereocenters. The van der Waals surface area contributed by atoms with E-state index in [1.807, 2.05) is 24.3 Å². The topological polar surface area (TPSA) is 41.5 Å². The molecule has 0 saturated carbocycles. The highest BCUT2D eigenvalue weighted by Crippen LogP contribution is 2.36. The summed E-state index contributed by atoms with van der Waals surface area (Å²) in [5, 5.41) is 13.0. The first-order valence-electron chi connectivity index (χ1n) is 7.06. The van der Waals surface area contributed by atoms with Gasteiger partial charge in [-0.15, -0.1) is 0 Å². The third-order valence-corrected chi connectivity index (χ3v) is 3.82. The number of nitrogens with one attached hydrogen (secondary N) is 1. The molecular weight excluding hydrogens is 283 g/mol. The van der Waals surface area contributed by atoms with Crippen LogP contribution in [0.25, 0.3) is 0 Å². The van der Waals surface area contributed by atoms with Crippen molar-refractivity contribution in [3.63, 3.8) is 0 Å². The smallest absolute Gasteiger partial charge is 0.394 e. The lowest BCUT2D eigenvalue weighted by Gasteiger charge is -2.30. The highest BCUT2D eigenvalue weighted by atomic mass is 19.4. The molecular formula is C15H20F3NO2. The fourth-order valence-corrected chi connectivity index (χ4v) is 2.78. The van der Waals surface area contributed by atoms with Crippen LogP contribution in [0.1, 0.15) is 24.0 Å². The minimum atomic E-state index is -4.27. The summed E-state index contributed by atoms with van der Waals surface area (Å²) in [5.41, 5.74) is 1.83. The largest absolute Gasteiger partial charge is 0.411 e. The van der Waals surface area contributed by atoms with E-state index in [4.69, 9.17) is 0 Å². The van der Waals surface area contributed by atoms with Crippen molar-refractivity contribution in [2.24, 2.45) is 0 Å². The molecule has 1 aliphatic carbocycles. The van der Waals surface area contributed by atoms with Gasteiger partial charge in [-0.05, 0) is 36.9 Å². The van der Waals surface area contributed by atoms with Crippen molar-refractivity contribution in [2.45, 2.75) is 31.0 Å². The number of hydrogen-bond donors (Lipinski definition) is 2. The van der Waals surface area contributed by atoms with Crippen LogP contribution in [0.15, 0.2) is 24.3 Å². The van der Waals surface area contributed by atoms with Crippen LogP contribution >= 0.6 is 0 Å². The lowest BCUT2D eigenvalue weighted by atomic mass is 9.92. The van der Waals surface area contributed by atoms with Crippen molar-refractivity contribution in [3.05, 3.63) is 35.4 Å². The Morgan fingerprint density at radius 1 is 1.29 bits per heavy atom. The molecule has 1 aromatic rings. The molecule has 0 aliphatic heterocycles. The number of fused-ring (bicyclic) bond motifs is 1. The Balaban J connectivity index is 1.79. The van der Waals surface area contributed by atoms with Gasteiger partial charge in [0.05, 0.1) is 12.1 Å². The van der Waals surface area contributed by atoms with Gasteiger partial charge in [-0.2, -0.15) is 13.2 Å². The van der Waals surface area contributed by atoms with Crippen LogP contribution in [0.3, 0.4) is 0 Å². The average molecular weight is 303 g/mol. The molecule has 0 bridgehead atoms. The number of aliphatic hydroxyl groups is 1. The Morgan fingerprint density at radius 2 is 2.05 bits per heavy atom. The summed E-state index contributed by atoms with van der Waals surface area (Å²) < 4.78 is 40.3. The van der Waals surface area contributed by atoms with Crippen LogP contribution in [0.2, 0.25) is 0 Å². The lowest BCUT2D eigenvalue weighted by Crippen LogP contribution is -2.44. The predicted octanol–water partition coefficient (Wildman–Crippen LogP) is 2.38. The van der Waals surface area contributed by atoms with E-state index in [0.29, 0.717) is 13.0 Å². The maximum atomic E-state index is 11.9. The number of rotatable bonds is 7. The van der Waals surface area contributed by atoms with Crippen LogP contribution in [0, 0.1) is 0 Å². The maximum Gasteiger partial charge on any atom is 0.411 e. The second-order valence-electron chi connectivity index (χ2n) is 5.35. The zero-order valence-electron chi connectivity index (χ0n) is 11.7. The van der Waals surface area contributed by atoms with Crippen LogP contribution < -0.4 is 5.32 Å². The summed E-state index contributed by atoms with van der Waals surface area (Å²) in [6, 6.07) is 7.94. The van der Waals surface area contributed by atoms with Crippen molar-refractivity contribution in [3.8, 4) is 0 Å². The SMILES string of the molecule is OCC1(NCCCOCC(F)(F)F)CCc2ccccc21. The van der Waals surface area contributed by atoms with Gasteiger partial charge in [0.2, 0.25) is 0 Å².